The SMILES string of the molecule is COC1CCN(c2ccc(-n3nc(NC[C@H]4CCC[C@H](N)C4)cc3-c3ccc(C#N)c(F)c3)nc2)CC1.O=C(O)C(F)(F)F. The number of aliphatic carboxylic acids is 1. The van der Waals surface area contributed by atoms with E-state index in [-0.39, 0.29) is 11.6 Å². The molecule has 0 radical (unpaired) electrons. The second-order valence-corrected chi connectivity index (χ2v) is 10.9. The zero-order valence-corrected chi connectivity index (χ0v) is 24.2. The zero-order valence-electron chi connectivity index (χ0n) is 24.2. The van der Waals surface area contributed by atoms with Gasteiger partial charge in [-0.3, -0.25) is 0 Å². The Morgan fingerprint density at radius 3 is 2.48 bits per heavy atom. The number of hydrogen-bond donors (Lipinski definition) is 3. The summed E-state index contributed by atoms with van der Waals surface area (Å²) >= 11 is 0. The van der Waals surface area contributed by atoms with Crippen molar-refractivity contribution in [3.8, 4) is 23.1 Å². The highest BCUT2D eigenvalue weighted by Crippen LogP contribution is 2.29. The number of pyridine rings is 1. The number of aromatic nitrogens is 3. The summed E-state index contributed by atoms with van der Waals surface area (Å²) < 4.78 is 53.5. The fourth-order valence-corrected chi connectivity index (χ4v) is 5.42. The van der Waals surface area contributed by atoms with E-state index in [9.17, 15) is 17.6 Å². The lowest BCUT2D eigenvalue weighted by Gasteiger charge is -2.32. The van der Waals surface area contributed by atoms with Crippen LogP contribution in [0.2, 0.25) is 0 Å². The van der Waals surface area contributed by atoms with Crippen molar-refractivity contribution in [3.63, 3.8) is 0 Å². The van der Waals surface area contributed by atoms with E-state index < -0.39 is 18.0 Å². The highest BCUT2D eigenvalue weighted by Gasteiger charge is 2.38. The van der Waals surface area contributed by atoms with Gasteiger partial charge in [0.05, 0.1) is 29.2 Å². The molecule has 236 valence electrons. The Morgan fingerprint density at radius 2 is 1.91 bits per heavy atom. The van der Waals surface area contributed by atoms with Crippen LogP contribution in [0.25, 0.3) is 17.1 Å². The Bertz CT molecular complexity index is 1450. The Hall–Kier alpha value is -4.22. The molecular formula is C30H35F4N7O3. The lowest BCUT2D eigenvalue weighted by Crippen LogP contribution is -2.36. The van der Waals surface area contributed by atoms with Crippen molar-refractivity contribution in [2.75, 3.05) is 37.0 Å². The van der Waals surface area contributed by atoms with E-state index in [1.54, 1.807) is 17.9 Å². The lowest BCUT2D eigenvalue weighted by molar-refractivity contribution is -0.192. The molecule has 1 aliphatic heterocycles. The van der Waals surface area contributed by atoms with E-state index in [0.29, 0.717) is 34.9 Å². The van der Waals surface area contributed by atoms with Crippen molar-refractivity contribution in [2.45, 2.75) is 56.8 Å². The van der Waals surface area contributed by atoms with Gasteiger partial charge in [-0.2, -0.15) is 18.4 Å². The summed E-state index contributed by atoms with van der Waals surface area (Å²) in [6.07, 6.45) is 3.48. The van der Waals surface area contributed by atoms with Gasteiger partial charge in [-0.15, -0.1) is 5.10 Å². The van der Waals surface area contributed by atoms with Crippen LogP contribution in [0.4, 0.5) is 29.1 Å². The molecule has 0 spiro atoms. The van der Waals surface area contributed by atoms with Gasteiger partial charge in [-0.1, -0.05) is 12.5 Å². The van der Waals surface area contributed by atoms with Gasteiger partial charge in [0.25, 0.3) is 0 Å². The molecule has 5 rings (SSSR count). The molecule has 3 heterocycles. The number of carboxylic acid groups (broad SMARTS) is 1. The number of benzene rings is 1. The van der Waals surface area contributed by atoms with E-state index in [1.807, 2.05) is 24.4 Å². The number of nitrogens with two attached hydrogens (primary N) is 1. The number of hydrogen-bond acceptors (Lipinski definition) is 8. The number of nitrogens with zero attached hydrogens (tertiary/aromatic N) is 5. The number of ether oxygens (including phenoxy) is 1. The maximum Gasteiger partial charge on any atom is 0.490 e. The first-order chi connectivity index (χ1) is 21.0. The average molecular weight is 618 g/mol. The predicted octanol–water partition coefficient (Wildman–Crippen LogP) is 5.12. The highest BCUT2D eigenvalue weighted by atomic mass is 19.4. The van der Waals surface area contributed by atoms with E-state index in [4.69, 9.17) is 35.7 Å². The fourth-order valence-electron chi connectivity index (χ4n) is 5.42. The number of alkyl halides is 3. The second kappa shape index (κ2) is 14.5. The van der Waals surface area contributed by atoms with Crippen LogP contribution >= 0.6 is 0 Å². The normalized spacial score (nSPS) is 19.1. The summed E-state index contributed by atoms with van der Waals surface area (Å²) in [6.45, 7) is 2.64. The first kappa shape index (κ1) is 32.7. The van der Waals surface area contributed by atoms with Crippen LogP contribution in [0.3, 0.4) is 0 Å². The van der Waals surface area contributed by atoms with Crippen LogP contribution in [0, 0.1) is 23.1 Å². The number of anilines is 2. The van der Waals surface area contributed by atoms with Gasteiger partial charge in [-0.05, 0) is 62.3 Å². The molecule has 2 fully saturated rings. The van der Waals surface area contributed by atoms with Gasteiger partial charge in [0, 0.05) is 44.4 Å². The van der Waals surface area contributed by atoms with Crippen LogP contribution < -0.4 is 16.0 Å². The minimum Gasteiger partial charge on any atom is -0.475 e. The number of nitrogens with one attached hydrogen (secondary N) is 1. The number of carboxylic acids is 1. The number of halogens is 4. The molecule has 0 unspecified atom stereocenters. The van der Waals surface area contributed by atoms with Crippen molar-refractivity contribution < 1.29 is 32.2 Å². The molecule has 2 atom stereocenters. The monoisotopic (exact) mass is 617 g/mol. The molecular weight excluding hydrogens is 582 g/mol. The van der Waals surface area contributed by atoms with Crippen molar-refractivity contribution in [3.05, 3.63) is 54.0 Å². The second-order valence-electron chi connectivity index (χ2n) is 10.9. The van der Waals surface area contributed by atoms with Crippen molar-refractivity contribution in [2.24, 2.45) is 11.7 Å². The summed E-state index contributed by atoms with van der Waals surface area (Å²) in [4.78, 5) is 15.9. The molecule has 10 nitrogen and oxygen atoms in total. The van der Waals surface area contributed by atoms with E-state index >= 15 is 0 Å². The van der Waals surface area contributed by atoms with E-state index in [0.717, 1.165) is 63.8 Å². The smallest absolute Gasteiger partial charge is 0.475 e. The standard InChI is InChI=1S/C28H34FN7O.C2HF3O2/c1-37-24-9-11-35(12-10-24)23-7-8-28(33-18-23)36-26(20-5-6-21(16-30)25(29)14-20)15-27(34-36)32-17-19-3-2-4-22(31)13-19;3-2(4,5)1(6)7/h5-8,14-15,18-19,22,24H,2-4,9-13,17,31H2,1H3,(H,32,34);(H,6,7)/t19-,22-;/m0./s1. The summed E-state index contributed by atoms with van der Waals surface area (Å²) in [5.41, 5.74) is 8.57. The lowest BCUT2D eigenvalue weighted by atomic mass is 9.86. The molecule has 2 aromatic heterocycles. The number of methoxy groups -OCH3 is 1. The largest absolute Gasteiger partial charge is 0.490 e. The van der Waals surface area contributed by atoms with Crippen LogP contribution in [-0.2, 0) is 9.53 Å². The Morgan fingerprint density at radius 1 is 1.18 bits per heavy atom. The number of carbonyl (C=O) groups is 1. The van der Waals surface area contributed by atoms with Gasteiger partial charge >= 0.3 is 12.1 Å². The Kier molecular flexibility index (Phi) is 10.8. The van der Waals surface area contributed by atoms with Crippen molar-refractivity contribution >= 4 is 17.5 Å². The van der Waals surface area contributed by atoms with E-state index in [2.05, 4.69) is 16.3 Å². The maximum absolute atomic E-state index is 14.5. The molecule has 1 saturated carbocycles. The summed E-state index contributed by atoms with van der Waals surface area (Å²) in [5.74, 6) is -1.47. The first-order valence-electron chi connectivity index (χ1n) is 14.3. The summed E-state index contributed by atoms with van der Waals surface area (Å²) in [5, 5.41) is 24.5. The highest BCUT2D eigenvalue weighted by molar-refractivity contribution is 5.73. The van der Waals surface area contributed by atoms with Gasteiger partial charge < -0.3 is 25.8 Å². The molecule has 0 bridgehead atoms. The van der Waals surface area contributed by atoms with E-state index in [1.165, 1.54) is 12.1 Å². The Balaban J connectivity index is 0.000000566. The molecule has 1 aromatic carbocycles. The molecule has 1 aliphatic carbocycles. The molecule has 2 aliphatic rings. The third-order valence-corrected chi connectivity index (χ3v) is 7.82. The van der Waals surface area contributed by atoms with Crippen molar-refractivity contribution in [1.29, 1.82) is 5.26 Å². The molecule has 3 aromatic rings. The predicted molar refractivity (Wildman–Crippen MR) is 156 cm³/mol. The fraction of sp³-hybridized carbons (Fsp3) is 0.467. The van der Waals surface area contributed by atoms with Crippen LogP contribution in [0.1, 0.15) is 44.1 Å². The minimum absolute atomic E-state index is 0.0153. The molecule has 4 N–H and O–H groups in total. The van der Waals surface area contributed by atoms with Gasteiger partial charge in [0.15, 0.2) is 5.82 Å². The summed E-state index contributed by atoms with van der Waals surface area (Å²) in [7, 11) is 1.77. The molecule has 14 heteroatoms. The molecule has 0 amide bonds. The molecule has 1 saturated heterocycles. The van der Waals surface area contributed by atoms with Gasteiger partial charge in [-0.25, -0.2) is 18.9 Å². The first-order valence-corrected chi connectivity index (χ1v) is 14.3. The van der Waals surface area contributed by atoms with Crippen molar-refractivity contribution in [1.82, 2.24) is 14.8 Å². The third-order valence-electron chi connectivity index (χ3n) is 7.82. The minimum atomic E-state index is -5.08. The topological polar surface area (TPSA) is 142 Å². The maximum atomic E-state index is 14.5. The average Bonchev–Trinajstić information content (AvgIpc) is 3.44. The number of piperidine rings is 1. The van der Waals surface area contributed by atoms with Crippen LogP contribution in [-0.4, -0.2) is 70.9 Å². The number of rotatable bonds is 7. The van der Waals surface area contributed by atoms with Crippen LogP contribution in [0.5, 0.6) is 0 Å². The number of nitriles is 1. The van der Waals surface area contributed by atoms with Gasteiger partial charge in [0.2, 0.25) is 0 Å². The zero-order chi connectivity index (χ0) is 31.9. The molecule has 44 heavy (non-hydrogen) atoms. The quantitative estimate of drug-likeness (QED) is 0.308. The van der Waals surface area contributed by atoms with Crippen LogP contribution in [0.15, 0.2) is 42.6 Å². The van der Waals surface area contributed by atoms with Gasteiger partial charge in [0.1, 0.15) is 17.7 Å². The Labute approximate surface area is 252 Å². The summed E-state index contributed by atoms with van der Waals surface area (Å²) in [6, 6.07) is 12.7. The third kappa shape index (κ3) is 8.45.